The Morgan fingerprint density at radius 3 is 1.90 bits per heavy atom. The Morgan fingerprint density at radius 1 is 0.664 bits per heavy atom. The summed E-state index contributed by atoms with van der Waals surface area (Å²) >= 11 is 0. The van der Waals surface area contributed by atoms with E-state index in [0.29, 0.717) is 232 Å². The van der Waals surface area contributed by atoms with Gasteiger partial charge in [0.05, 0.1) is 130 Å². The van der Waals surface area contributed by atoms with Crippen LogP contribution in [-0.4, -0.2) is 276 Å². The molecular formula is C95H145N7O23. The summed E-state index contributed by atoms with van der Waals surface area (Å²) in [6.07, 6.45) is 20.1. The van der Waals surface area contributed by atoms with Crippen molar-refractivity contribution in [2.75, 3.05) is 153 Å². The van der Waals surface area contributed by atoms with Gasteiger partial charge in [-0.15, -0.1) is 0 Å². The van der Waals surface area contributed by atoms with Crippen LogP contribution in [0.1, 0.15) is 201 Å². The lowest BCUT2D eigenvalue weighted by Crippen LogP contribution is -2.61. The van der Waals surface area contributed by atoms with Gasteiger partial charge in [0.15, 0.2) is 11.6 Å². The molecule has 5 N–H and O–H groups in total. The summed E-state index contributed by atoms with van der Waals surface area (Å²) < 4.78 is 89.1. The average Bonchev–Trinajstić information content (AvgIpc) is 1.62. The SMILES string of the molecule is CO[C@H]1C[C@@H]2CC[C@@H](C)[C@@](O)(O2)C(=O)C(=O)N2CCCC[C@H]2C(=O)O[C@H]([C@H](C)C[C@@H]2CC[C@@H](OC(=O)CCCOCCOCCOCCOCCOCCOCCOCCOCCOCCCC(=O)C3CCC(c4nc(-c5cc6cccc(C)c6[nH]5)c5c(N)ncnn45)CC3)[C@H](OC)C2)CC[C@H](C)/C=C(\C)[C@@H](O)[C@@H](OC)C(=O)[C@H](C)C[C@H](C)/C=C/C=C/C=C/1C. The smallest absolute Gasteiger partial charge is 0.329 e. The Kier molecular flexibility index (Phi) is 43.7. The van der Waals surface area contributed by atoms with Crippen molar-refractivity contribution < 1.29 is 110 Å². The zero-order chi connectivity index (χ0) is 89.6. The number of piperidine rings is 1. The third-order valence-corrected chi connectivity index (χ3v) is 25.3. The molecule has 3 aromatic heterocycles. The molecule has 0 unspecified atom stereocenters. The number of nitrogens with one attached hydrogen (secondary N) is 1. The van der Waals surface area contributed by atoms with Crippen molar-refractivity contribution in [3.8, 4) is 11.4 Å². The fraction of sp³-hybridized carbons (Fsp3) is 0.716. The molecule has 6 heterocycles. The number of nitrogens with two attached hydrogens (primary N) is 1. The molecule has 15 atom stereocenters. The van der Waals surface area contributed by atoms with E-state index in [2.05, 4.69) is 40.2 Å². The molecule has 1 aromatic carbocycles. The number of amides is 1. The molecule has 30 heteroatoms. The van der Waals surface area contributed by atoms with Gasteiger partial charge in [0, 0.05) is 94.9 Å². The predicted molar refractivity (Wildman–Crippen MR) is 471 cm³/mol. The van der Waals surface area contributed by atoms with E-state index in [1.807, 2.05) is 81.7 Å². The largest absolute Gasteiger partial charge is 0.461 e. The molecule has 3 aliphatic heterocycles. The number of allylic oxidation sites excluding steroid dienone is 6. The second-order valence-corrected chi connectivity index (χ2v) is 34.8. The van der Waals surface area contributed by atoms with Crippen molar-refractivity contribution in [2.45, 2.75) is 251 Å². The minimum Gasteiger partial charge on any atom is -0.461 e. The number of nitrogens with zero attached hydrogens (tertiary/aromatic N) is 5. The molecule has 0 radical (unpaired) electrons. The number of esters is 2. The highest BCUT2D eigenvalue weighted by atomic mass is 16.6. The van der Waals surface area contributed by atoms with Crippen LogP contribution in [0.15, 0.2) is 78.2 Å². The molecule has 2 bridgehead atoms. The van der Waals surface area contributed by atoms with Crippen LogP contribution in [0.3, 0.4) is 0 Å². The van der Waals surface area contributed by atoms with E-state index < -0.39 is 77.9 Å². The van der Waals surface area contributed by atoms with Gasteiger partial charge in [0.1, 0.15) is 59.6 Å². The van der Waals surface area contributed by atoms with Crippen LogP contribution >= 0.6 is 0 Å². The number of aliphatic hydroxyl groups excluding tert-OH is 1. The monoisotopic (exact) mass is 1750 g/mol. The van der Waals surface area contributed by atoms with Crippen LogP contribution in [-0.2, 0) is 99.8 Å². The summed E-state index contributed by atoms with van der Waals surface area (Å²) in [4.78, 5) is 98.3. The number of cyclic esters (lactones) is 1. The van der Waals surface area contributed by atoms with E-state index >= 15 is 0 Å². The third kappa shape index (κ3) is 31.3. The topological polar surface area (TPSA) is 369 Å². The summed E-state index contributed by atoms with van der Waals surface area (Å²) in [5.74, 6) is -5.27. The number of imidazole rings is 1. The number of aromatic nitrogens is 5. The number of Topliss-reactive ketones (excluding diaryl/α,β-unsaturated/α-hetero) is 3. The highest BCUT2D eigenvalue weighted by Gasteiger charge is 2.53. The maximum absolute atomic E-state index is 14.8. The Labute approximate surface area is 739 Å². The molecule has 30 nitrogen and oxygen atoms in total. The quantitative estimate of drug-likeness (QED) is 0.0139. The molecule has 4 aromatic rings. The van der Waals surface area contributed by atoms with Gasteiger partial charge in [0.25, 0.3) is 11.7 Å². The number of aryl methyl sites for hydroxylation is 1. The molecule has 698 valence electrons. The van der Waals surface area contributed by atoms with Crippen molar-refractivity contribution in [2.24, 2.45) is 41.4 Å². The molecule has 2 aliphatic carbocycles. The van der Waals surface area contributed by atoms with Gasteiger partial charge in [-0.05, 0) is 183 Å². The Morgan fingerprint density at radius 2 is 1.29 bits per heavy atom. The molecular weight excluding hydrogens is 1610 g/mol. The van der Waals surface area contributed by atoms with Crippen LogP contribution in [0, 0.1) is 48.3 Å². The van der Waals surface area contributed by atoms with E-state index in [1.54, 1.807) is 28.1 Å². The normalized spacial score (nSPS) is 28.6. The first-order valence-electron chi connectivity index (χ1n) is 45.9. The first-order valence-corrected chi connectivity index (χ1v) is 45.9. The second kappa shape index (κ2) is 53.8. The van der Waals surface area contributed by atoms with E-state index in [9.17, 15) is 39.0 Å². The number of ether oxygens (including phenoxy) is 15. The van der Waals surface area contributed by atoms with Gasteiger partial charge >= 0.3 is 11.9 Å². The van der Waals surface area contributed by atoms with Crippen molar-refractivity contribution in [1.29, 1.82) is 0 Å². The van der Waals surface area contributed by atoms with Crippen molar-refractivity contribution >= 4 is 57.4 Å². The lowest BCUT2D eigenvalue weighted by Gasteiger charge is -2.42. The summed E-state index contributed by atoms with van der Waals surface area (Å²) in [6.45, 7) is 23.2. The Hall–Kier alpha value is -7.11. The number of hydrogen-bond acceptors (Lipinski definition) is 27. The van der Waals surface area contributed by atoms with E-state index in [-0.39, 0.29) is 72.8 Å². The minimum absolute atomic E-state index is 0.0333. The first-order chi connectivity index (χ1) is 60.4. The fourth-order valence-corrected chi connectivity index (χ4v) is 17.9. The van der Waals surface area contributed by atoms with Gasteiger partial charge in [-0.25, -0.2) is 19.3 Å². The van der Waals surface area contributed by atoms with Crippen LogP contribution < -0.4 is 5.73 Å². The van der Waals surface area contributed by atoms with E-state index in [4.69, 9.17) is 81.8 Å². The van der Waals surface area contributed by atoms with Gasteiger partial charge in [-0.2, -0.15) is 5.10 Å². The van der Waals surface area contributed by atoms with Crippen molar-refractivity contribution in [3.05, 3.63) is 89.6 Å². The molecule has 5 aliphatic rings. The third-order valence-electron chi connectivity index (χ3n) is 25.3. The van der Waals surface area contributed by atoms with Crippen LogP contribution in [0.5, 0.6) is 0 Å². The number of rotatable bonds is 42. The van der Waals surface area contributed by atoms with Crippen LogP contribution in [0.25, 0.3) is 27.8 Å². The summed E-state index contributed by atoms with van der Waals surface area (Å²) in [7, 11) is 4.64. The lowest BCUT2D eigenvalue weighted by atomic mass is 9.78. The number of hydrogen-bond donors (Lipinski definition) is 4. The highest BCUT2D eigenvalue weighted by molar-refractivity contribution is 6.39. The lowest BCUT2D eigenvalue weighted by molar-refractivity contribution is -0.265. The molecule has 1 amide bonds. The number of carbonyl (C=O) groups is 6. The van der Waals surface area contributed by atoms with Crippen molar-refractivity contribution in [3.63, 3.8) is 0 Å². The zero-order valence-electron chi connectivity index (χ0n) is 76.2. The molecule has 9 rings (SSSR count). The van der Waals surface area contributed by atoms with Gasteiger partial charge in [0.2, 0.25) is 5.79 Å². The minimum atomic E-state index is -2.43. The van der Waals surface area contributed by atoms with E-state index in [1.165, 1.54) is 18.3 Å². The number of H-pyrrole nitrogens is 1. The number of aliphatic hydroxyl groups is 2. The number of para-hydroxylation sites is 1. The fourth-order valence-electron chi connectivity index (χ4n) is 17.9. The van der Waals surface area contributed by atoms with Gasteiger partial charge < -0.3 is 96.9 Å². The van der Waals surface area contributed by atoms with Crippen LogP contribution in [0.4, 0.5) is 5.82 Å². The zero-order valence-corrected chi connectivity index (χ0v) is 76.2. The number of aromatic amines is 1. The number of ketones is 3. The Balaban J connectivity index is 0.576. The predicted octanol–water partition coefficient (Wildman–Crippen LogP) is 12.3. The van der Waals surface area contributed by atoms with E-state index in [0.717, 1.165) is 71.4 Å². The van der Waals surface area contributed by atoms with Crippen molar-refractivity contribution in [1.82, 2.24) is 29.5 Å². The molecule has 0 spiro atoms. The number of benzene rings is 1. The second-order valence-electron chi connectivity index (χ2n) is 34.8. The van der Waals surface area contributed by atoms with Crippen LogP contribution in [0.2, 0.25) is 0 Å². The molecule has 4 fully saturated rings. The number of carbonyl (C=O) groups excluding carboxylic acids is 6. The number of methoxy groups -OCH3 is 3. The summed E-state index contributed by atoms with van der Waals surface area (Å²) in [5, 5.41) is 29.5. The maximum atomic E-state index is 14.8. The summed E-state index contributed by atoms with van der Waals surface area (Å²) in [5.41, 5.74) is 12.4. The molecule has 2 saturated heterocycles. The van der Waals surface area contributed by atoms with Gasteiger partial charge in [-0.3, -0.25) is 24.0 Å². The maximum Gasteiger partial charge on any atom is 0.329 e. The molecule has 2 saturated carbocycles. The highest BCUT2D eigenvalue weighted by Crippen LogP contribution is 2.42. The average molecular weight is 1750 g/mol. The standard InChI is InChI=1S/C95H145N7O23/c1-63-20-13-12-14-21-65(3)81(111-9)61-75-34-28-70(8)95(110,125-75)90(107)93(108)101-37-16-15-24-77(101)94(109)124-79(35-27-64(2)57-69(7)88(106)89(113-11)87(105)68(6)56-63)67(5)58-71-29-36-80(82(59-71)112-10)123-83(104)26-19-39-115-41-43-117-45-47-119-49-51-121-53-55-122-54-52-120-50-48-118-46-44-116-42-40-114-38-18-25-78(103)72-30-32-73(33-31-72)92-100-85(86-91(96)97-62-98-102(86)92)76-60-74-23-17-22-66(4)84(74)99-76/h12-14,17,20-23,57,60,62-64,67-68,70-73,75,77,79-82,88-89,99,106,110H,15-16,18-19,24-56,58-59,61H2,1-11H3,(H2,96,97,98)/b14-12+,20-13+,65-21+,69-57+/t63-,64+,67-,68-,70-,71+,72?,73?,75+,77+,79+,80-,81+,82-,88-,89+,95-/m1/s1. The van der Waals surface area contributed by atoms with Gasteiger partial charge in [-0.1, -0.05) is 89.3 Å². The summed E-state index contributed by atoms with van der Waals surface area (Å²) in [6, 6.07) is 7.22. The Bertz CT molecular complexity index is 4080. The number of anilines is 1. The molecule has 125 heavy (non-hydrogen) atoms. The number of nitrogen functional groups attached to an aromatic ring is 1. The first kappa shape index (κ1) is 102. The number of fused-ring (bicyclic) bond motifs is 5.